The average molecular weight is 554 g/mol. The van der Waals surface area contributed by atoms with Crippen molar-refractivity contribution in [3.05, 3.63) is 120 Å². The number of carbonyl (C=O) groups excluding carboxylic acids is 2. The molecule has 1 atom stereocenters. The highest BCUT2D eigenvalue weighted by atomic mass is 16.5. The summed E-state index contributed by atoms with van der Waals surface area (Å²) in [6.45, 7) is 0.548. The van der Waals surface area contributed by atoms with E-state index >= 15 is 0 Å². The fraction of sp³-hybridized carbons (Fsp3) is 0.242. The van der Waals surface area contributed by atoms with E-state index in [1.54, 1.807) is 50.8 Å². The number of nitrogens with one attached hydrogen (secondary N) is 1. The number of hydrogen-bond donors (Lipinski definition) is 1. The summed E-state index contributed by atoms with van der Waals surface area (Å²) in [7, 11) is 4.73. The van der Waals surface area contributed by atoms with E-state index in [0.29, 0.717) is 30.2 Å². The van der Waals surface area contributed by atoms with Gasteiger partial charge in [-0.15, -0.1) is 0 Å². The van der Waals surface area contributed by atoms with Gasteiger partial charge in [-0.3, -0.25) is 14.6 Å². The van der Waals surface area contributed by atoms with Crippen molar-refractivity contribution in [3.63, 3.8) is 0 Å². The molecule has 0 aliphatic heterocycles. The van der Waals surface area contributed by atoms with Gasteiger partial charge in [0.2, 0.25) is 11.8 Å². The minimum atomic E-state index is -0.760. The lowest BCUT2D eigenvalue weighted by Crippen LogP contribution is -2.50. The second-order valence-corrected chi connectivity index (χ2v) is 9.52. The summed E-state index contributed by atoms with van der Waals surface area (Å²) in [4.78, 5) is 33.6. The number of pyridine rings is 1. The molecular formula is C33H35N3O5. The maximum absolute atomic E-state index is 14.0. The van der Waals surface area contributed by atoms with Crippen molar-refractivity contribution in [1.29, 1.82) is 0 Å². The fourth-order valence-electron chi connectivity index (χ4n) is 4.56. The van der Waals surface area contributed by atoms with Crippen LogP contribution in [0.3, 0.4) is 0 Å². The molecule has 8 nitrogen and oxygen atoms in total. The number of rotatable bonds is 13. The highest BCUT2D eigenvalue weighted by molar-refractivity contribution is 5.89. The highest BCUT2D eigenvalue weighted by Crippen LogP contribution is 2.28. The monoisotopic (exact) mass is 553 g/mol. The van der Waals surface area contributed by atoms with Crippen LogP contribution >= 0.6 is 0 Å². The van der Waals surface area contributed by atoms with Crippen molar-refractivity contribution >= 4 is 11.8 Å². The molecule has 0 fully saturated rings. The molecule has 0 saturated heterocycles. The first-order chi connectivity index (χ1) is 20.0. The van der Waals surface area contributed by atoms with Gasteiger partial charge in [0.05, 0.1) is 27.8 Å². The summed E-state index contributed by atoms with van der Waals surface area (Å²) >= 11 is 0. The fourth-order valence-corrected chi connectivity index (χ4v) is 4.56. The standard InChI is InChI=1S/C33H35N3O5/c1-39-28-14-11-25(12-15-28)23-36(32(37)20-26-13-16-30(40-2)31(19-26)41-3)29(18-24-8-5-4-6-9-24)33(38)35-22-27-10-7-17-34-21-27/h4-17,19,21,29H,18,20,22-23H2,1-3H3,(H,35,38)/t29-/m1/s1. The number of carbonyl (C=O) groups is 2. The van der Waals surface area contributed by atoms with Crippen LogP contribution < -0.4 is 19.5 Å². The molecule has 0 bridgehead atoms. The van der Waals surface area contributed by atoms with Crippen molar-refractivity contribution in [3.8, 4) is 17.2 Å². The molecule has 4 aromatic rings. The van der Waals surface area contributed by atoms with Crippen LogP contribution in [0.1, 0.15) is 22.3 Å². The zero-order valence-electron chi connectivity index (χ0n) is 23.6. The molecule has 3 aromatic carbocycles. The predicted octanol–water partition coefficient (Wildman–Crippen LogP) is 4.61. The molecule has 41 heavy (non-hydrogen) atoms. The Morgan fingerprint density at radius 2 is 1.49 bits per heavy atom. The Hall–Kier alpha value is -4.85. The van der Waals surface area contributed by atoms with Gasteiger partial charge in [-0.2, -0.15) is 0 Å². The highest BCUT2D eigenvalue weighted by Gasteiger charge is 2.30. The second-order valence-electron chi connectivity index (χ2n) is 9.52. The Balaban J connectivity index is 1.66. The smallest absolute Gasteiger partial charge is 0.243 e. The third-order valence-electron chi connectivity index (χ3n) is 6.78. The zero-order valence-corrected chi connectivity index (χ0v) is 23.6. The van der Waals surface area contributed by atoms with Crippen molar-refractivity contribution in [2.75, 3.05) is 21.3 Å². The summed E-state index contributed by atoms with van der Waals surface area (Å²) in [6.07, 6.45) is 3.84. The van der Waals surface area contributed by atoms with Gasteiger partial charge in [0.15, 0.2) is 11.5 Å². The van der Waals surface area contributed by atoms with Gasteiger partial charge in [-0.25, -0.2) is 0 Å². The third kappa shape index (κ3) is 8.08. The molecule has 1 aromatic heterocycles. The number of hydrogen-bond acceptors (Lipinski definition) is 6. The van der Waals surface area contributed by atoms with Gasteiger partial charge in [0, 0.05) is 31.9 Å². The van der Waals surface area contributed by atoms with Crippen LogP contribution in [-0.4, -0.2) is 49.1 Å². The second kappa shape index (κ2) is 14.5. The topological polar surface area (TPSA) is 90.0 Å². The van der Waals surface area contributed by atoms with Crippen LogP contribution in [0, 0.1) is 0 Å². The van der Waals surface area contributed by atoms with Gasteiger partial charge < -0.3 is 24.4 Å². The van der Waals surface area contributed by atoms with E-state index in [-0.39, 0.29) is 24.8 Å². The molecule has 212 valence electrons. The Morgan fingerprint density at radius 1 is 0.780 bits per heavy atom. The Kier molecular flexibility index (Phi) is 10.3. The van der Waals surface area contributed by atoms with Gasteiger partial charge in [0.25, 0.3) is 0 Å². The Morgan fingerprint density at radius 3 is 2.15 bits per heavy atom. The predicted molar refractivity (Wildman–Crippen MR) is 157 cm³/mol. The van der Waals surface area contributed by atoms with Gasteiger partial charge in [0.1, 0.15) is 11.8 Å². The van der Waals surface area contributed by atoms with Gasteiger partial charge >= 0.3 is 0 Å². The quantitative estimate of drug-likeness (QED) is 0.260. The molecule has 4 rings (SSSR count). The van der Waals surface area contributed by atoms with Crippen molar-refractivity contribution in [2.45, 2.75) is 32.0 Å². The number of aromatic nitrogens is 1. The first kappa shape index (κ1) is 29.1. The number of nitrogens with zero attached hydrogens (tertiary/aromatic N) is 2. The molecule has 0 aliphatic carbocycles. The molecule has 8 heteroatoms. The maximum atomic E-state index is 14.0. The van der Waals surface area contributed by atoms with Crippen LogP contribution in [0.4, 0.5) is 0 Å². The van der Waals surface area contributed by atoms with E-state index < -0.39 is 6.04 Å². The maximum Gasteiger partial charge on any atom is 0.243 e. The Labute approximate surface area is 240 Å². The van der Waals surface area contributed by atoms with Crippen molar-refractivity contribution < 1.29 is 23.8 Å². The van der Waals surface area contributed by atoms with Gasteiger partial charge in [-0.1, -0.05) is 54.6 Å². The van der Waals surface area contributed by atoms with E-state index in [9.17, 15) is 9.59 Å². The van der Waals surface area contributed by atoms with Crippen LogP contribution in [0.5, 0.6) is 17.2 Å². The third-order valence-corrected chi connectivity index (χ3v) is 6.78. The number of methoxy groups -OCH3 is 3. The minimum Gasteiger partial charge on any atom is -0.497 e. The van der Waals surface area contributed by atoms with Crippen LogP contribution in [0.25, 0.3) is 0 Å². The summed E-state index contributed by atoms with van der Waals surface area (Å²) in [5.41, 5.74) is 3.46. The molecule has 1 heterocycles. The van der Waals surface area contributed by atoms with Crippen molar-refractivity contribution in [1.82, 2.24) is 15.2 Å². The molecule has 0 saturated carbocycles. The molecule has 2 amide bonds. The number of ether oxygens (including phenoxy) is 3. The van der Waals surface area contributed by atoms with Crippen LogP contribution in [0.2, 0.25) is 0 Å². The molecule has 0 aliphatic rings. The molecule has 0 spiro atoms. The van der Waals surface area contributed by atoms with E-state index in [0.717, 1.165) is 22.3 Å². The van der Waals surface area contributed by atoms with Gasteiger partial charge in [-0.05, 0) is 52.6 Å². The summed E-state index contributed by atoms with van der Waals surface area (Å²) < 4.78 is 16.1. The van der Waals surface area contributed by atoms with E-state index in [4.69, 9.17) is 14.2 Å². The summed E-state index contributed by atoms with van der Waals surface area (Å²) in [5.74, 6) is 1.40. The van der Waals surface area contributed by atoms with E-state index in [1.807, 2.05) is 72.8 Å². The summed E-state index contributed by atoms with van der Waals surface area (Å²) in [5, 5.41) is 3.03. The largest absolute Gasteiger partial charge is 0.497 e. The number of benzene rings is 3. The SMILES string of the molecule is COc1ccc(CN(C(=O)Cc2ccc(OC)c(OC)c2)[C@H](Cc2ccccc2)C(=O)NCc2cccnc2)cc1. The first-order valence-electron chi connectivity index (χ1n) is 13.3. The van der Waals surface area contributed by atoms with Crippen LogP contribution in [0.15, 0.2) is 97.3 Å². The lowest BCUT2D eigenvalue weighted by Gasteiger charge is -2.32. The molecule has 0 unspecified atom stereocenters. The lowest BCUT2D eigenvalue weighted by molar-refractivity contribution is -0.140. The van der Waals surface area contributed by atoms with Crippen molar-refractivity contribution in [2.24, 2.45) is 0 Å². The molecule has 1 N–H and O–H groups in total. The normalized spacial score (nSPS) is 11.3. The minimum absolute atomic E-state index is 0.0810. The molecular weight excluding hydrogens is 518 g/mol. The summed E-state index contributed by atoms with van der Waals surface area (Å²) in [6, 6.07) is 25.6. The number of amides is 2. The first-order valence-corrected chi connectivity index (χ1v) is 13.3. The van der Waals surface area contributed by atoms with Crippen LogP contribution in [-0.2, 0) is 35.5 Å². The zero-order chi connectivity index (χ0) is 29.0. The molecule has 0 radical (unpaired) electrons. The van der Waals surface area contributed by atoms with E-state index in [2.05, 4.69) is 10.3 Å². The van der Waals surface area contributed by atoms with E-state index in [1.165, 1.54) is 0 Å². The lowest BCUT2D eigenvalue weighted by atomic mass is 10.0. The Bertz CT molecular complexity index is 1410. The average Bonchev–Trinajstić information content (AvgIpc) is 3.02.